The number of aryl methyl sites for hydroxylation is 2. The summed E-state index contributed by atoms with van der Waals surface area (Å²) in [4.78, 5) is 23.9. The van der Waals surface area contributed by atoms with Crippen molar-refractivity contribution in [3.05, 3.63) is 17.0 Å². The highest BCUT2D eigenvalue weighted by Gasteiger charge is 2.16. The summed E-state index contributed by atoms with van der Waals surface area (Å²) in [7, 11) is 1.66. The first-order chi connectivity index (χ1) is 7.41. The second-order valence-electron chi connectivity index (χ2n) is 3.93. The van der Waals surface area contributed by atoms with Gasteiger partial charge in [0, 0.05) is 12.6 Å². The van der Waals surface area contributed by atoms with Gasteiger partial charge in [-0.15, -0.1) is 0 Å². The predicted molar refractivity (Wildman–Crippen MR) is 57.7 cm³/mol. The molecule has 5 nitrogen and oxygen atoms in total. The number of hydrogen-bond acceptors (Lipinski definition) is 4. The molecule has 0 aliphatic heterocycles. The lowest BCUT2D eigenvalue weighted by Gasteiger charge is -2.16. The average Bonchev–Trinajstić information content (AvgIpc) is 2.48. The van der Waals surface area contributed by atoms with Crippen molar-refractivity contribution < 1.29 is 14.1 Å². The highest BCUT2D eigenvalue weighted by molar-refractivity contribution is 5.96. The first-order valence-electron chi connectivity index (χ1n) is 5.07. The third-order valence-electron chi connectivity index (χ3n) is 2.40. The Morgan fingerprint density at radius 1 is 1.38 bits per heavy atom. The maximum atomic E-state index is 11.6. The molecular formula is C11H16N2O3. The molecule has 1 aromatic heterocycles. The number of ketones is 1. The Morgan fingerprint density at radius 3 is 2.44 bits per heavy atom. The zero-order valence-electron chi connectivity index (χ0n) is 10.0. The lowest BCUT2D eigenvalue weighted by molar-refractivity contribution is -0.134. The van der Waals surface area contributed by atoms with E-state index in [0.29, 0.717) is 12.3 Å². The van der Waals surface area contributed by atoms with E-state index < -0.39 is 0 Å². The predicted octanol–water partition coefficient (Wildman–Crippen LogP) is 1.23. The summed E-state index contributed by atoms with van der Waals surface area (Å²) < 4.78 is 5.00. The lowest BCUT2D eigenvalue weighted by Crippen LogP contribution is -2.27. The SMILES string of the molecule is CC(=O)CC(=O)N(C)Cc1c(C)noc1C. The van der Waals surface area contributed by atoms with Crippen molar-refractivity contribution in [2.24, 2.45) is 0 Å². The van der Waals surface area contributed by atoms with Crippen LogP contribution in [0, 0.1) is 13.8 Å². The van der Waals surface area contributed by atoms with E-state index in [0.717, 1.165) is 11.3 Å². The highest BCUT2D eigenvalue weighted by atomic mass is 16.5. The zero-order chi connectivity index (χ0) is 12.3. The molecule has 5 heteroatoms. The fourth-order valence-electron chi connectivity index (χ4n) is 1.40. The minimum atomic E-state index is -0.187. The third-order valence-corrected chi connectivity index (χ3v) is 2.40. The van der Waals surface area contributed by atoms with Crippen LogP contribution < -0.4 is 0 Å². The molecule has 1 rings (SSSR count). The molecule has 1 heterocycles. The average molecular weight is 224 g/mol. The van der Waals surface area contributed by atoms with Crippen molar-refractivity contribution in [1.29, 1.82) is 0 Å². The number of aromatic nitrogens is 1. The summed E-state index contributed by atoms with van der Waals surface area (Å²) in [5, 5.41) is 3.81. The Bertz CT molecular complexity index is 390. The van der Waals surface area contributed by atoms with Gasteiger partial charge in [0.15, 0.2) is 0 Å². The van der Waals surface area contributed by atoms with Crippen molar-refractivity contribution in [2.75, 3.05) is 7.05 Å². The molecule has 0 radical (unpaired) electrons. The molecule has 0 N–H and O–H groups in total. The van der Waals surface area contributed by atoms with Crippen molar-refractivity contribution in [1.82, 2.24) is 10.1 Å². The standard InChI is InChI=1S/C11H16N2O3/c1-7(14)5-11(15)13(4)6-10-8(2)12-16-9(10)3/h5-6H2,1-4H3. The molecule has 0 saturated carbocycles. The Labute approximate surface area is 94.4 Å². The summed E-state index contributed by atoms with van der Waals surface area (Å²) in [5.41, 5.74) is 1.68. The monoisotopic (exact) mass is 224 g/mol. The van der Waals surface area contributed by atoms with Gasteiger partial charge in [0.2, 0.25) is 5.91 Å². The van der Waals surface area contributed by atoms with Crippen molar-refractivity contribution in [3.63, 3.8) is 0 Å². The minimum absolute atomic E-state index is 0.0557. The molecule has 0 aromatic carbocycles. The van der Waals surface area contributed by atoms with E-state index in [1.807, 2.05) is 6.92 Å². The van der Waals surface area contributed by atoms with Crippen molar-refractivity contribution >= 4 is 11.7 Å². The molecule has 0 aliphatic carbocycles. The van der Waals surface area contributed by atoms with Gasteiger partial charge in [-0.2, -0.15) is 0 Å². The summed E-state index contributed by atoms with van der Waals surface area (Å²) in [6, 6.07) is 0. The van der Waals surface area contributed by atoms with Crippen LogP contribution in [0.2, 0.25) is 0 Å². The van der Waals surface area contributed by atoms with E-state index in [-0.39, 0.29) is 18.1 Å². The van der Waals surface area contributed by atoms with Gasteiger partial charge >= 0.3 is 0 Å². The fourth-order valence-corrected chi connectivity index (χ4v) is 1.40. The summed E-state index contributed by atoms with van der Waals surface area (Å²) in [5.74, 6) is 0.392. The van der Waals surface area contributed by atoms with Crippen LogP contribution >= 0.6 is 0 Å². The molecule has 0 spiro atoms. The van der Waals surface area contributed by atoms with Gasteiger partial charge in [-0.25, -0.2) is 0 Å². The number of Topliss-reactive ketones (excluding diaryl/α,β-unsaturated/α-hetero) is 1. The van der Waals surface area contributed by atoms with Crippen LogP contribution in [0.25, 0.3) is 0 Å². The number of rotatable bonds is 4. The van der Waals surface area contributed by atoms with E-state index >= 15 is 0 Å². The number of hydrogen-bond donors (Lipinski definition) is 0. The second kappa shape index (κ2) is 4.92. The maximum absolute atomic E-state index is 11.6. The first-order valence-corrected chi connectivity index (χ1v) is 5.07. The Morgan fingerprint density at radius 2 is 2.00 bits per heavy atom. The second-order valence-corrected chi connectivity index (χ2v) is 3.93. The van der Waals surface area contributed by atoms with Crippen LogP contribution in [-0.2, 0) is 16.1 Å². The summed E-state index contributed by atoms with van der Waals surface area (Å²) in [6.45, 7) is 5.46. The number of nitrogens with zero attached hydrogens (tertiary/aromatic N) is 2. The van der Waals surface area contributed by atoms with Crippen molar-refractivity contribution in [3.8, 4) is 0 Å². The van der Waals surface area contributed by atoms with Crippen LogP contribution in [-0.4, -0.2) is 28.8 Å². The van der Waals surface area contributed by atoms with E-state index in [1.54, 1.807) is 14.0 Å². The van der Waals surface area contributed by atoms with Crippen LogP contribution in [0.15, 0.2) is 4.52 Å². The third kappa shape index (κ3) is 2.92. The highest BCUT2D eigenvalue weighted by Crippen LogP contribution is 2.14. The maximum Gasteiger partial charge on any atom is 0.230 e. The summed E-state index contributed by atoms with van der Waals surface area (Å²) in [6.07, 6.45) is -0.0557. The van der Waals surface area contributed by atoms with Crippen LogP contribution in [0.1, 0.15) is 30.4 Å². The molecule has 88 valence electrons. The smallest absolute Gasteiger partial charge is 0.230 e. The molecule has 1 amide bonds. The first kappa shape index (κ1) is 12.4. The molecule has 0 aliphatic rings. The van der Waals surface area contributed by atoms with Crippen LogP contribution in [0.5, 0.6) is 0 Å². The molecule has 0 unspecified atom stereocenters. The minimum Gasteiger partial charge on any atom is -0.361 e. The van der Waals surface area contributed by atoms with Crippen LogP contribution in [0.4, 0.5) is 0 Å². The zero-order valence-corrected chi connectivity index (χ0v) is 10.0. The van der Waals surface area contributed by atoms with Crippen molar-refractivity contribution in [2.45, 2.75) is 33.7 Å². The van der Waals surface area contributed by atoms with E-state index in [2.05, 4.69) is 5.16 Å². The largest absolute Gasteiger partial charge is 0.361 e. The molecule has 0 atom stereocenters. The molecular weight excluding hydrogens is 208 g/mol. The van der Waals surface area contributed by atoms with Gasteiger partial charge < -0.3 is 9.42 Å². The Kier molecular flexibility index (Phi) is 3.82. The number of carbonyl (C=O) groups is 2. The summed E-state index contributed by atoms with van der Waals surface area (Å²) >= 11 is 0. The van der Waals surface area contributed by atoms with Gasteiger partial charge in [0.05, 0.1) is 18.7 Å². The van der Waals surface area contributed by atoms with Gasteiger partial charge in [-0.05, 0) is 20.8 Å². The number of amides is 1. The normalized spacial score (nSPS) is 10.2. The molecule has 0 bridgehead atoms. The lowest BCUT2D eigenvalue weighted by atomic mass is 10.2. The molecule has 0 fully saturated rings. The Balaban J connectivity index is 2.67. The Hall–Kier alpha value is -1.65. The molecule has 1 aromatic rings. The van der Waals surface area contributed by atoms with E-state index in [9.17, 15) is 9.59 Å². The molecule has 16 heavy (non-hydrogen) atoms. The van der Waals surface area contributed by atoms with Gasteiger partial charge in [0.1, 0.15) is 11.5 Å². The van der Waals surface area contributed by atoms with E-state index in [1.165, 1.54) is 11.8 Å². The topological polar surface area (TPSA) is 63.4 Å². The fraction of sp³-hybridized carbons (Fsp3) is 0.545. The molecule has 0 saturated heterocycles. The quantitative estimate of drug-likeness (QED) is 0.721. The van der Waals surface area contributed by atoms with E-state index in [4.69, 9.17) is 4.52 Å². The van der Waals surface area contributed by atoms with Gasteiger partial charge in [0.25, 0.3) is 0 Å². The van der Waals surface area contributed by atoms with Gasteiger partial charge in [-0.1, -0.05) is 5.16 Å². The number of carbonyl (C=O) groups excluding carboxylic acids is 2. The van der Waals surface area contributed by atoms with Crippen LogP contribution in [0.3, 0.4) is 0 Å². The van der Waals surface area contributed by atoms with Gasteiger partial charge in [-0.3, -0.25) is 9.59 Å².